The first-order valence-electron chi connectivity index (χ1n) is 4.74. The molecule has 0 fully saturated rings. The summed E-state index contributed by atoms with van der Waals surface area (Å²) in [5.74, 6) is 0.969. The zero-order valence-corrected chi connectivity index (χ0v) is 12.8. The Morgan fingerprint density at radius 3 is 2.59 bits per heavy atom. The summed E-state index contributed by atoms with van der Waals surface area (Å²) < 4.78 is 1.60. The molecule has 0 saturated carbocycles. The molecule has 0 aliphatic rings. The van der Waals surface area contributed by atoms with Crippen molar-refractivity contribution in [2.24, 2.45) is 0 Å². The number of hydrogen-bond acceptors (Lipinski definition) is 3. The first-order valence-corrected chi connectivity index (χ1v) is 6.70. The lowest BCUT2D eigenvalue weighted by atomic mass is 10.2. The van der Waals surface area contributed by atoms with E-state index in [1.165, 1.54) is 0 Å². The Bertz CT molecular complexity index is 564. The summed E-state index contributed by atoms with van der Waals surface area (Å²) in [6.45, 7) is 1.87. The first kappa shape index (κ1) is 12.8. The van der Waals surface area contributed by atoms with Crippen LogP contribution in [-0.2, 0) is 0 Å². The van der Waals surface area contributed by atoms with E-state index >= 15 is 0 Å². The highest BCUT2D eigenvalue weighted by atomic mass is 79.9. The molecule has 3 nitrogen and oxygen atoms in total. The number of benzene rings is 1. The smallest absolute Gasteiger partial charge is 0.163 e. The van der Waals surface area contributed by atoms with Crippen LogP contribution >= 0.6 is 43.5 Å². The topological polar surface area (TPSA) is 51.8 Å². The Balaban J connectivity index is 2.64. The monoisotopic (exact) mass is 375 g/mol. The second-order valence-electron chi connectivity index (χ2n) is 3.46. The molecule has 0 radical (unpaired) electrons. The molecule has 0 aliphatic carbocycles. The summed E-state index contributed by atoms with van der Waals surface area (Å²) in [6.07, 6.45) is 0. The van der Waals surface area contributed by atoms with Gasteiger partial charge in [-0.2, -0.15) is 0 Å². The largest absolute Gasteiger partial charge is 0.383 e. The van der Waals surface area contributed by atoms with Crippen molar-refractivity contribution < 1.29 is 0 Å². The van der Waals surface area contributed by atoms with E-state index in [0.717, 1.165) is 20.2 Å². The van der Waals surface area contributed by atoms with E-state index in [-0.39, 0.29) is 0 Å². The van der Waals surface area contributed by atoms with Crippen LogP contribution in [0.25, 0.3) is 11.4 Å². The highest BCUT2D eigenvalue weighted by Crippen LogP contribution is 2.31. The maximum atomic E-state index is 5.96. The predicted molar refractivity (Wildman–Crippen MR) is 77.0 cm³/mol. The van der Waals surface area contributed by atoms with Crippen molar-refractivity contribution in [3.8, 4) is 11.4 Å². The summed E-state index contributed by atoms with van der Waals surface area (Å²) in [4.78, 5) is 8.62. The van der Waals surface area contributed by atoms with Gasteiger partial charge in [0.25, 0.3) is 0 Å². The van der Waals surface area contributed by atoms with Gasteiger partial charge in [0, 0.05) is 15.1 Å². The minimum atomic E-state index is 0.416. The molecule has 2 rings (SSSR count). The van der Waals surface area contributed by atoms with Gasteiger partial charge in [0.2, 0.25) is 0 Å². The minimum absolute atomic E-state index is 0.416. The third kappa shape index (κ3) is 2.61. The van der Waals surface area contributed by atoms with Crippen molar-refractivity contribution in [1.82, 2.24) is 9.97 Å². The highest BCUT2D eigenvalue weighted by molar-refractivity contribution is 9.11. The average Bonchev–Trinajstić information content (AvgIpc) is 2.28. The lowest BCUT2D eigenvalue weighted by Crippen LogP contribution is -2.00. The molecule has 0 bridgehead atoms. The van der Waals surface area contributed by atoms with Gasteiger partial charge in [-0.3, -0.25) is 0 Å². The number of halogens is 3. The molecule has 88 valence electrons. The Hall–Kier alpha value is -0.650. The summed E-state index contributed by atoms with van der Waals surface area (Å²) in [7, 11) is 0. The van der Waals surface area contributed by atoms with Crippen molar-refractivity contribution in [3.05, 3.63) is 37.9 Å². The van der Waals surface area contributed by atoms with E-state index in [0.29, 0.717) is 16.7 Å². The maximum Gasteiger partial charge on any atom is 0.163 e. The van der Waals surface area contributed by atoms with Crippen molar-refractivity contribution >= 4 is 49.3 Å². The normalized spacial score (nSPS) is 10.6. The number of anilines is 1. The van der Waals surface area contributed by atoms with Crippen LogP contribution in [0.3, 0.4) is 0 Å². The van der Waals surface area contributed by atoms with Crippen LogP contribution in [0.15, 0.2) is 27.1 Å². The van der Waals surface area contributed by atoms with Crippen LogP contribution in [0.5, 0.6) is 0 Å². The third-order valence-electron chi connectivity index (χ3n) is 2.21. The van der Waals surface area contributed by atoms with Crippen LogP contribution in [0.1, 0.15) is 5.69 Å². The Morgan fingerprint density at radius 1 is 1.24 bits per heavy atom. The van der Waals surface area contributed by atoms with Gasteiger partial charge in [-0.25, -0.2) is 9.97 Å². The summed E-state index contributed by atoms with van der Waals surface area (Å²) in [5, 5.41) is 0.631. The van der Waals surface area contributed by atoms with Crippen LogP contribution < -0.4 is 5.73 Å². The summed E-state index contributed by atoms with van der Waals surface area (Å²) in [5.41, 5.74) is 7.41. The van der Waals surface area contributed by atoms with Crippen LogP contribution in [0.4, 0.5) is 5.82 Å². The molecule has 2 aromatic rings. The van der Waals surface area contributed by atoms with Gasteiger partial charge in [-0.05, 0) is 41.1 Å². The number of nitrogens with two attached hydrogens (primary N) is 1. The Morgan fingerprint density at radius 2 is 1.94 bits per heavy atom. The number of hydrogen-bond donors (Lipinski definition) is 1. The van der Waals surface area contributed by atoms with Gasteiger partial charge >= 0.3 is 0 Å². The fourth-order valence-electron chi connectivity index (χ4n) is 1.37. The van der Waals surface area contributed by atoms with Gasteiger partial charge in [0.1, 0.15) is 5.82 Å². The molecule has 1 heterocycles. The van der Waals surface area contributed by atoms with Gasteiger partial charge in [-0.15, -0.1) is 0 Å². The van der Waals surface area contributed by atoms with Gasteiger partial charge in [-0.1, -0.05) is 27.5 Å². The molecular weight excluding hydrogens is 369 g/mol. The van der Waals surface area contributed by atoms with Gasteiger partial charge in [0.15, 0.2) is 5.82 Å². The minimum Gasteiger partial charge on any atom is -0.383 e. The second-order valence-corrected chi connectivity index (χ2v) is 5.54. The van der Waals surface area contributed by atoms with Gasteiger partial charge < -0.3 is 5.73 Å². The molecule has 0 amide bonds. The molecule has 0 atom stereocenters. The van der Waals surface area contributed by atoms with Crippen molar-refractivity contribution in [2.75, 3.05) is 5.73 Å². The molecule has 0 saturated heterocycles. The highest BCUT2D eigenvalue weighted by Gasteiger charge is 2.11. The zero-order valence-electron chi connectivity index (χ0n) is 8.84. The van der Waals surface area contributed by atoms with E-state index in [1.54, 1.807) is 12.1 Å². The van der Waals surface area contributed by atoms with Crippen LogP contribution in [-0.4, -0.2) is 9.97 Å². The van der Waals surface area contributed by atoms with Gasteiger partial charge in [0.05, 0.1) is 10.2 Å². The summed E-state index contributed by atoms with van der Waals surface area (Å²) in [6, 6.07) is 5.45. The van der Waals surface area contributed by atoms with Crippen LogP contribution in [0, 0.1) is 6.92 Å². The van der Waals surface area contributed by atoms with E-state index < -0.39 is 0 Å². The SMILES string of the molecule is Cc1nc(-c2cc(Cl)ccc2Br)nc(N)c1Br. The fraction of sp³-hybridized carbons (Fsp3) is 0.0909. The molecule has 17 heavy (non-hydrogen) atoms. The average molecular weight is 377 g/mol. The lowest BCUT2D eigenvalue weighted by Gasteiger charge is -2.07. The molecule has 0 spiro atoms. The quantitative estimate of drug-likeness (QED) is 0.810. The number of aryl methyl sites for hydroxylation is 1. The first-order chi connectivity index (χ1) is 7.99. The van der Waals surface area contributed by atoms with E-state index in [2.05, 4.69) is 41.8 Å². The molecular formula is C11H8Br2ClN3. The number of nitrogen functional groups attached to an aromatic ring is 1. The number of aromatic nitrogens is 2. The molecule has 6 heteroatoms. The maximum absolute atomic E-state index is 5.96. The molecule has 0 aliphatic heterocycles. The fourth-order valence-corrected chi connectivity index (χ4v) is 2.14. The standard InChI is InChI=1S/C11H8Br2ClN3/c1-5-9(13)10(15)17-11(16-5)7-4-6(14)2-3-8(7)12/h2-4H,1H3,(H2,15,16,17). The third-order valence-corrected chi connectivity index (χ3v) is 4.12. The van der Waals surface area contributed by atoms with E-state index in [9.17, 15) is 0 Å². The summed E-state index contributed by atoms with van der Waals surface area (Å²) >= 11 is 12.7. The molecule has 1 aromatic heterocycles. The number of rotatable bonds is 1. The molecule has 1 aromatic carbocycles. The lowest BCUT2D eigenvalue weighted by molar-refractivity contribution is 1.10. The zero-order chi connectivity index (χ0) is 12.6. The van der Waals surface area contributed by atoms with E-state index in [4.69, 9.17) is 17.3 Å². The predicted octanol–water partition coefficient (Wildman–Crippen LogP) is 4.21. The van der Waals surface area contributed by atoms with E-state index in [1.807, 2.05) is 13.0 Å². The van der Waals surface area contributed by atoms with Crippen molar-refractivity contribution in [2.45, 2.75) is 6.92 Å². The number of nitrogens with zero attached hydrogens (tertiary/aromatic N) is 2. The Labute approximate surface area is 121 Å². The van der Waals surface area contributed by atoms with Crippen molar-refractivity contribution in [3.63, 3.8) is 0 Å². The second kappa shape index (κ2) is 4.92. The Kier molecular flexibility index (Phi) is 3.70. The van der Waals surface area contributed by atoms with Crippen molar-refractivity contribution in [1.29, 1.82) is 0 Å². The molecule has 0 unspecified atom stereocenters. The molecule has 2 N–H and O–H groups in total. The van der Waals surface area contributed by atoms with Crippen LogP contribution in [0.2, 0.25) is 5.02 Å².